The van der Waals surface area contributed by atoms with Gasteiger partial charge in [0.1, 0.15) is 5.82 Å². The molecule has 0 saturated heterocycles. The van der Waals surface area contributed by atoms with Crippen LogP contribution in [0, 0.1) is 5.82 Å². The van der Waals surface area contributed by atoms with E-state index in [0.717, 1.165) is 5.69 Å². The summed E-state index contributed by atoms with van der Waals surface area (Å²) in [5, 5.41) is 0. The largest absolute Gasteiger partial charge is 0.252 e. The molecule has 2 aromatic carbocycles. The van der Waals surface area contributed by atoms with Gasteiger partial charge < -0.3 is 0 Å². The van der Waals surface area contributed by atoms with Crippen LogP contribution in [0.1, 0.15) is 5.56 Å². The van der Waals surface area contributed by atoms with Crippen molar-refractivity contribution in [3.05, 3.63) is 84.6 Å². The molecule has 0 atom stereocenters. The lowest BCUT2D eigenvalue weighted by molar-refractivity contribution is -0.678. The molecule has 0 unspecified atom stereocenters. The van der Waals surface area contributed by atoms with Crippen molar-refractivity contribution in [2.75, 3.05) is 0 Å². The number of rotatable bonds is 3. The Bertz CT molecular complexity index is 711. The summed E-state index contributed by atoms with van der Waals surface area (Å²) >= 11 is 0. The van der Waals surface area contributed by atoms with Crippen LogP contribution in [0.3, 0.4) is 0 Å². The van der Waals surface area contributed by atoms with E-state index in [-0.39, 0.29) is 5.82 Å². The van der Waals surface area contributed by atoms with E-state index < -0.39 is 0 Å². The molecule has 0 spiro atoms. The van der Waals surface area contributed by atoms with E-state index in [1.807, 2.05) is 35.0 Å². The third-order valence-corrected chi connectivity index (χ3v) is 3.18. The zero-order valence-electron chi connectivity index (χ0n) is 10.9. The van der Waals surface area contributed by atoms with Gasteiger partial charge in [-0.3, -0.25) is 4.98 Å². The van der Waals surface area contributed by atoms with E-state index in [1.54, 1.807) is 24.5 Å². The first kappa shape index (κ1) is 12.5. The third-order valence-electron chi connectivity index (χ3n) is 3.18. The van der Waals surface area contributed by atoms with E-state index in [4.69, 9.17) is 0 Å². The second-order valence-corrected chi connectivity index (χ2v) is 4.55. The fourth-order valence-corrected chi connectivity index (χ4v) is 2.20. The van der Waals surface area contributed by atoms with E-state index >= 15 is 0 Å². The zero-order valence-corrected chi connectivity index (χ0v) is 10.9. The van der Waals surface area contributed by atoms with Crippen LogP contribution in [0.2, 0.25) is 0 Å². The summed E-state index contributed by atoms with van der Waals surface area (Å²) in [7, 11) is 0. The molecule has 0 aliphatic rings. The lowest BCUT2D eigenvalue weighted by Gasteiger charge is -2.04. The Kier molecular flexibility index (Phi) is 3.50. The van der Waals surface area contributed by atoms with Crippen LogP contribution in [0.5, 0.6) is 0 Å². The van der Waals surface area contributed by atoms with Crippen molar-refractivity contribution >= 4 is 0 Å². The maximum Gasteiger partial charge on any atom is 0.234 e. The Morgan fingerprint density at radius 3 is 2.50 bits per heavy atom. The lowest BCUT2D eigenvalue weighted by atomic mass is 10.1. The molecule has 0 saturated carbocycles. The molecule has 3 heteroatoms. The maximum atomic E-state index is 14.0. The quantitative estimate of drug-likeness (QED) is 0.664. The van der Waals surface area contributed by atoms with Crippen molar-refractivity contribution in [3.63, 3.8) is 0 Å². The van der Waals surface area contributed by atoms with Crippen LogP contribution in [-0.2, 0) is 6.54 Å². The highest BCUT2D eigenvalue weighted by molar-refractivity contribution is 5.55. The minimum Gasteiger partial charge on any atom is -0.252 e. The number of halogens is 1. The first-order valence-corrected chi connectivity index (χ1v) is 6.47. The average molecular weight is 265 g/mol. The summed E-state index contributed by atoms with van der Waals surface area (Å²) in [6, 6.07) is 16.9. The van der Waals surface area contributed by atoms with Crippen molar-refractivity contribution in [2.24, 2.45) is 0 Å². The lowest BCUT2D eigenvalue weighted by Crippen LogP contribution is -2.36. The highest BCUT2D eigenvalue weighted by atomic mass is 19.1. The molecule has 3 aromatic rings. The number of hydrogen-bond acceptors (Lipinski definition) is 1. The second-order valence-electron chi connectivity index (χ2n) is 4.55. The van der Waals surface area contributed by atoms with Crippen LogP contribution in [0.4, 0.5) is 4.39 Å². The molecule has 3 rings (SSSR count). The van der Waals surface area contributed by atoms with Crippen molar-refractivity contribution in [2.45, 2.75) is 6.54 Å². The van der Waals surface area contributed by atoms with Gasteiger partial charge in [0.05, 0.1) is 18.0 Å². The van der Waals surface area contributed by atoms with Gasteiger partial charge in [-0.05, 0) is 12.1 Å². The average Bonchev–Trinajstić information content (AvgIpc) is 2.50. The molecule has 2 nitrogen and oxygen atoms in total. The van der Waals surface area contributed by atoms with Gasteiger partial charge in [0.15, 0.2) is 12.7 Å². The van der Waals surface area contributed by atoms with Crippen molar-refractivity contribution in [1.29, 1.82) is 0 Å². The normalized spacial score (nSPS) is 10.4. The van der Waals surface area contributed by atoms with Crippen LogP contribution < -0.4 is 4.57 Å². The van der Waals surface area contributed by atoms with E-state index in [1.165, 1.54) is 11.6 Å². The number of nitrogens with zero attached hydrogens (tertiary/aromatic N) is 2. The highest BCUT2D eigenvalue weighted by Gasteiger charge is 2.16. The minimum absolute atomic E-state index is 0.234. The topological polar surface area (TPSA) is 16.8 Å². The first-order valence-electron chi connectivity index (χ1n) is 6.47. The Hall–Kier alpha value is -2.55. The monoisotopic (exact) mass is 265 g/mol. The predicted molar refractivity (Wildman–Crippen MR) is 75.4 cm³/mol. The smallest absolute Gasteiger partial charge is 0.234 e. The molecule has 0 radical (unpaired) electrons. The van der Waals surface area contributed by atoms with Crippen LogP contribution >= 0.6 is 0 Å². The Morgan fingerprint density at radius 2 is 1.70 bits per heavy atom. The molecule has 0 fully saturated rings. The van der Waals surface area contributed by atoms with Gasteiger partial charge in [-0.2, -0.15) is 4.57 Å². The van der Waals surface area contributed by atoms with Gasteiger partial charge >= 0.3 is 0 Å². The Labute approximate surface area is 117 Å². The molecule has 20 heavy (non-hydrogen) atoms. The Balaban J connectivity index is 2.03. The molecule has 1 heterocycles. The number of aromatic nitrogens is 2. The molecule has 0 aliphatic carbocycles. The molecule has 0 bridgehead atoms. The SMILES string of the molecule is Fc1ccccc1-c1cncc[n+]1Cc1ccccc1. The fourth-order valence-electron chi connectivity index (χ4n) is 2.20. The van der Waals surface area contributed by atoms with Crippen molar-refractivity contribution < 1.29 is 8.96 Å². The molecule has 0 N–H and O–H groups in total. The molecule has 1 aromatic heterocycles. The van der Waals surface area contributed by atoms with Gasteiger partial charge in [0.2, 0.25) is 5.69 Å². The highest BCUT2D eigenvalue weighted by Crippen LogP contribution is 2.18. The van der Waals surface area contributed by atoms with Gasteiger partial charge in [-0.15, -0.1) is 0 Å². The maximum absolute atomic E-state index is 14.0. The fraction of sp³-hybridized carbons (Fsp3) is 0.0588. The standard InChI is InChI=1S/C17H14FN2/c18-16-9-5-4-8-15(16)17-12-19-10-11-20(17)13-14-6-2-1-3-7-14/h1-12H,13H2/q+1. The van der Waals surface area contributed by atoms with Crippen LogP contribution in [0.15, 0.2) is 73.2 Å². The zero-order chi connectivity index (χ0) is 13.8. The van der Waals surface area contributed by atoms with Crippen LogP contribution in [-0.4, -0.2) is 4.98 Å². The summed E-state index contributed by atoms with van der Waals surface area (Å²) in [6.45, 7) is 0.688. The molecular weight excluding hydrogens is 251 g/mol. The number of benzene rings is 2. The van der Waals surface area contributed by atoms with Gasteiger partial charge in [-0.1, -0.05) is 42.5 Å². The summed E-state index contributed by atoms with van der Waals surface area (Å²) in [5.41, 5.74) is 2.51. The Morgan fingerprint density at radius 1 is 0.950 bits per heavy atom. The summed E-state index contributed by atoms with van der Waals surface area (Å²) in [5.74, 6) is -0.234. The van der Waals surface area contributed by atoms with Gasteiger partial charge in [0, 0.05) is 5.56 Å². The second kappa shape index (κ2) is 5.61. The van der Waals surface area contributed by atoms with Gasteiger partial charge in [0.25, 0.3) is 0 Å². The third kappa shape index (κ3) is 2.57. The first-order chi connectivity index (χ1) is 9.84. The summed E-state index contributed by atoms with van der Waals surface area (Å²) < 4.78 is 16.0. The molecule has 0 amide bonds. The minimum atomic E-state index is -0.234. The molecule has 98 valence electrons. The van der Waals surface area contributed by atoms with E-state index in [0.29, 0.717) is 12.1 Å². The van der Waals surface area contributed by atoms with Gasteiger partial charge in [-0.25, -0.2) is 4.39 Å². The van der Waals surface area contributed by atoms with Crippen molar-refractivity contribution in [3.8, 4) is 11.3 Å². The molecular formula is C17H14FN2+. The number of hydrogen-bond donors (Lipinski definition) is 0. The molecule has 0 aliphatic heterocycles. The van der Waals surface area contributed by atoms with Crippen molar-refractivity contribution in [1.82, 2.24) is 4.98 Å². The summed E-state index contributed by atoms with van der Waals surface area (Å²) in [6.07, 6.45) is 5.28. The summed E-state index contributed by atoms with van der Waals surface area (Å²) in [4.78, 5) is 4.12. The predicted octanol–water partition coefficient (Wildman–Crippen LogP) is 3.22. The van der Waals surface area contributed by atoms with Crippen LogP contribution in [0.25, 0.3) is 11.3 Å². The van der Waals surface area contributed by atoms with E-state index in [9.17, 15) is 4.39 Å². The van der Waals surface area contributed by atoms with E-state index in [2.05, 4.69) is 17.1 Å².